The van der Waals surface area contributed by atoms with Crippen molar-refractivity contribution in [3.8, 4) is 11.6 Å². The summed E-state index contributed by atoms with van der Waals surface area (Å²) in [7, 11) is -3.01. The lowest BCUT2D eigenvalue weighted by atomic mass is 9.90. The summed E-state index contributed by atoms with van der Waals surface area (Å²) in [6.07, 6.45) is -3.93. The second kappa shape index (κ2) is 15.7. The number of carbonyl (C=O) groups is 4. The number of hydrogen-bond donors (Lipinski definition) is 3. The summed E-state index contributed by atoms with van der Waals surface area (Å²) < 4.78 is 95.5. The Bertz CT molecular complexity index is 1990. The van der Waals surface area contributed by atoms with Crippen LogP contribution in [0.3, 0.4) is 0 Å². The molecule has 20 heteroatoms. The number of rotatable bonds is 14. The third-order valence-electron chi connectivity index (χ3n) is 11.2. The number of fused-ring (bicyclic) bond motifs is 1. The van der Waals surface area contributed by atoms with Gasteiger partial charge in [-0.3, -0.25) is 14.4 Å². The van der Waals surface area contributed by atoms with Crippen molar-refractivity contribution < 1.29 is 63.9 Å². The highest BCUT2D eigenvalue weighted by Crippen LogP contribution is 2.47. The SMILES string of the molecule is CC[C@@H]1C[C@]1(NC(=O)[C@@H]1CC(Oc2nccc3cc(OC)ccc23)CN1C(=O)[C@@H](NC(=O)OC(C)(C)C(F)(F)F)C1CCOCC1)C(=O)NS(=O)(=O)OC1(C)CC1. The molecule has 0 spiro atoms. The standard InChI is InChI=1S/C37H48F3N5O11S/c1-6-23-19-36(23,32(48)44-57(50,51)56-35(4)12-13-35)43-29(46)27-18-25(54-30-26-8-7-24(52-5)17-22(26)9-14-41-30)20-45(27)31(47)28(21-10-15-53-16-11-21)42-33(49)55-34(2,3)37(38,39)40/h7-9,14,17,21,23,25,27-28H,6,10-13,15-16,18-20H2,1-5H3,(H,42,49)(H,43,46)(H,44,48)/t23-,25?,27+,28+,36-/m1/s1. The number of alkyl halides is 3. The summed E-state index contributed by atoms with van der Waals surface area (Å²) in [5.74, 6) is -2.91. The van der Waals surface area contributed by atoms with Crippen molar-refractivity contribution >= 4 is 44.9 Å². The molecule has 0 bridgehead atoms. The fourth-order valence-electron chi connectivity index (χ4n) is 7.30. The molecule has 4 fully saturated rings. The molecule has 0 radical (unpaired) electrons. The van der Waals surface area contributed by atoms with Crippen molar-refractivity contribution in [1.29, 1.82) is 0 Å². The van der Waals surface area contributed by atoms with Gasteiger partial charge >= 0.3 is 22.6 Å². The minimum absolute atomic E-state index is 0.102. The molecular weight excluding hydrogens is 779 g/mol. The highest BCUT2D eigenvalue weighted by atomic mass is 32.2. The van der Waals surface area contributed by atoms with E-state index in [4.69, 9.17) is 23.1 Å². The summed E-state index contributed by atoms with van der Waals surface area (Å²) in [5.41, 5.74) is -5.47. The van der Waals surface area contributed by atoms with E-state index < -0.39 is 87.1 Å². The van der Waals surface area contributed by atoms with E-state index in [1.807, 2.05) is 4.72 Å². The van der Waals surface area contributed by atoms with Crippen molar-refractivity contribution in [2.45, 2.75) is 114 Å². The molecule has 4 aliphatic rings. The number of hydrogen-bond acceptors (Lipinski definition) is 12. The van der Waals surface area contributed by atoms with Gasteiger partial charge in [0, 0.05) is 31.2 Å². The van der Waals surface area contributed by atoms with Crippen LogP contribution in [0.15, 0.2) is 30.5 Å². The molecule has 1 aromatic heterocycles. The van der Waals surface area contributed by atoms with Gasteiger partial charge in [-0.15, -0.1) is 0 Å². The first-order valence-electron chi connectivity index (χ1n) is 18.8. The molecular formula is C37H48F3N5O11S. The monoisotopic (exact) mass is 827 g/mol. The molecule has 2 aliphatic heterocycles. The van der Waals surface area contributed by atoms with Crippen molar-refractivity contribution in [2.24, 2.45) is 11.8 Å². The van der Waals surface area contributed by atoms with Gasteiger partial charge in [-0.25, -0.2) is 18.7 Å². The van der Waals surface area contributed by atoms with Crippen LogP contribution in [0.2, 0.25) is 0 Å². The molecule has 6 rings (SSSR count). The number of likely N-dealkylation sites (tertiary alicyclic amines) is 1. The van der Waals surface area contributed by atoms with Crippen LogP contribution in [-0.2, 0) is 38.3 Å². The normalized spacial score (nSPS) is 25.3. The van der Waals surface area contributed by atoms with Crippen molar-refractivity contribution in [1.82, 2.24) is 25.2 Å². The van der Waals surface area contributed by atoms with Crippen molar-refractivity contribution in [2.75, 3.05) is 26.9 Å². The van der Waals surface area contributed by atoms with Gasteiger partial charge in [0.1, 0.15) is 29.5 Å². The summed E-state index contributed by atoms with van der Waals surface area (Å²) in [4.78, 5) is 61.2. The number of halogens is 3. The first-order valence-corrected chi connectivity index (χ1v) is 20.2. The smallest absolute Gasteiger partial charge is 0.427 e. The second-order valence-corrected chi connectivity index (χ2v) is 17.1. The maximum Gasteiger partial charge on any atom is 0.427 e. The van der Waals surface area contributed by atoms with Crippen molar-refractivity contribution in [3.63, 3.8) is 0 Å². The molecule has 4 amide bonds. The lowest BCUT2D eigenvalue weighted by Gasteiger charge is -2.35. The maximum absolute atomic E-state index is 14.7. The molecule has 3 heterocycles. The Morgan fingerprint density at radius 1 is 1.11 bits per heavy atom. The van der Waals surface area contributed by atoms with E-state index in [9.17, 15) is 40.8 Å². The minimum Gasteiger partial charge on any atom is -0.497 e. The zero-order valence-corrected chi connectivity index (χ0v) is 33.1. The molecule has 16 nitrogen and oxygen atoms in total. The number of carbonyl (C=O) groups excluding carboxylic acids is 4. The number of alkyl carbamates (subject to hydrolysis) is 1. The Labute approximate surface area is 328 Å². The third-order valence-corrected chi connectivity index (χ3v) is 12.3. The van der Waals surface area contributed by atoms with Gasteiger partial charge in [-0.2, -0.15) is 21.6 Å². The average Bonchev–Trinajstić information content (AvgIpc) is 4.01. The Morgan fingerprint density at radius 2 is 1.81 bits per heavy atom. The number of methoxy groups -OCH3 is 1. The predicted octanol–water partition coefficient (Wildman–Crippen LogP) is 3.67. The first-order chi connectivity index (χ1) is 26.7. The number of nitrogens with one attached hydrogen (secondary N) is 3. The molecule has 2 aliphatic carbocycles. The van der Waals surface area contributed by atoms with E-state index in [-0.39, 0.29) is 51.3 Å². The van der Waals surface area contributed by atoms with Crippen LogP contribution in [0.4, 0.5) is 18.0 Å². The number of aromatic nitrogens is 1. The highest BCUT2D eigenvalue weighted by molar-refractivity contribution is 7.85. The Balaban J connectivity index is 1.29. The van der Waals surface area contributed by atoms with E-state index in [0.717, 1.165) is 10.3 Å². The highest BCUT2D eigenvalue weighted by Gasteiger charge is 2.62. The summed E-state index contributed by atoms with van der Waals surface area (Å²) in [6.45, 7) is 4.89. The molecule has 5 atom stereocenters. The molecule has 314 valence electrons. The number of amides is 4. The molecule has 1 unspecified atom stereocenters. The molecule has 1 aromatic carbocycles. The van der Waals surface area contributed by atoms with Gasteiger partial charge in [0.2, 0.25) is 23.3 Å². The van der Waals surface area contributed by atoms with E-state index in [1.165, 1.54) is 13.3 Å². The minimum atomic E-state index is -4.92. The summed E-state index contributed by atoms with van der Waals surface area (Å²) in [6, 6.07) is 4.17. The van der Waals surface area contributed by atoms with Gasteiger partial charge in [0.25, 0.3) is 5.91 Å². The molecule has 2 aromatic rings. The third kappa shape index (κ3) is 9.33. The Kier molecular flexibility index (Phi) is 11.6. The molecule has 2 saturated heterocycles. The van der Waals surface area contributed by atoms with Crippen LogP contribution in [0, 0.1) is 11.8 Å². The predicted molar refractivity (Wildman–Crippen MR) is 195 cm³/mol. The fraction of sp³-hybridized carbons (Fsp3) is 0.649. The van der Waals surface area contributed by atoms with Crippen LogP contribution in [0.5, 0.6) is 11.6 Å². The largest absolute Gasteiger partial charge is 0.497 e. The van der Waals surface area contributed by atoms with Gasteiger partial charge in [-0.05, 0) is 94.4 Å². The molecule has 3 N–H and O–H groups in total. The van der Waals surface area contributed by atoms with Gasteiger partial charge in [0.15, 0.2) is 0 Å². The lowest BCUT2D eigenvalue weighted by molar-refractivity contribution is -0.244. The lowest BCUT2D eigenvalue weighted by Crippen LogP contribution is -2.60. The van der Waals surface area contributed by atoms with E-state index >= 15 is 0 Å². The zero-order valence-electron chi connectivity index (χ0n) is 32.3. The van der Waals surface area contributed by atoms with Crippen LogP contribution in [-0.4, -0.2) is 110 Å². The van der Waals surface area contributed by atoms with Crippen molar-refractivity contribution in [3.05, 3.63) is 30.5 Å². The molecule has 2 saturated carbocycles. The quantitative estimate of drug-likeness (QED) is 0.250. The fourth-order valence-corrected chi connectivity index (χ4v) is 8.45. The summed E-state index contributed by atoms with van der Waals surface area (Å²) in [5, 5.41) is 6.40. The number of benzene rings is 1. The summed E-state index contributed by atoms with van der Waals surface area (Å²) >= 11 is 0. The Morgan fingerprint density at radius 3 is 2.42 bits per heavy atom. The Hall–Kier alpha value is -4.43. The van der Waals surface area contributed by atoms with Crippen LogP contribution >= 0.6 is 0 Å². The number of pyridine rings is 1. The van der Waals surface area contributed by atoms with E-state index in [0.29, 0.717) is 44.2 Å². The zero-order chi connectivity index (χ0) is 41.6. The van der Waals surface area contributed by atoms with Crippen LogP contribution in [0.25, 0.3) is 10.8 Å². The second-order valence-electron chi connectivity index (χ2n) is 15.8. The number of nitrogens with zero attached hydrogens (tertiary/aromatic N) is 2. The van der Waals surface area contributed by atoms with E-state index in [2.05, 4.69) is 15.6 Å². The van der Waals surface area contributed by atoms with Gasteiger partial charge < -0.3 is 34.5 Å². The van der Waals surface area contributed by atoms with Crippen LogP contribution in [0.1, 0.15) is 72.6 Å². The first kappa shape index (κ1) is 42.2. The average molecular weight is 828 g/mol. The maximum atomic E-state index is 14.7. The topological polar surface area (TPSA) is 201 Å². The number of ether oxygens (including phenoxy) is 4. The van der Waals surface area contributed by atoms with Gasteiger partial charge in [0.05, 0.1) is 19.3 Å². The van der Waals surface area contributed by atoms with E-state index in [1.54, 1.807) is 38.1 Å². The van der Waals surface area contributed by atoms with Crippen LogP contribution < -0.4 is 24.8 Å². The van der Waals surface area contributed by atoms with Gasteiger partial charge in [-0.1, -0.05) is 13.3 Å². The molecule has 57 heavy (non-hydrogen) atoms.